The predicted octanol–water partition coefficient (Wildman–Crippen LogP) is 2.27. The van der Waals surface area contributed by atoms with E-state index in [1.54, 1.807) is 0 Å². The maximum Gasteiger partial charge on any atom is 0.0624 e. The Labute approximate surface area is 98.2 Å². The van der Waals surface area contributed by atoms with Crippen molar-refractivity contribution >= 4 is 11.8 Å². The molecule has 3 heteroatoms. The number of aliphatic hydroxyl groups excluding tert-OH is 1. The summed E-state index contributed by atoms with van der Waals surface area (Å²) < 4.78 is 0. The number of rotatable bonds is 8. The summed E-state index contributed by atoms with van der Waals surface area (Å²) >= 11 is 1.97. The van der Waals surface area contributed by atoms with Crippen LogP contribution in [0, 0.1) is 5.92 Å². The van der Waals surface area contributed by atoms with Crippen molar-refractivity contribution in [3.8, 4) is 0 Å². The van der Waals surface area contributed by atoms with E-state index in [1.807, 2.05) is 11.8 Å². The van der Waals surface area contributed by atoms with E-state index in [4.69, 9.17) is 0 Å². The number of hydrogen-bond donors (Lipinski definition) is 2. The molecule has 1 unspecified atom stereocenters. The summed E-state index contributed by atoms with van der Waals surface area (Å²) in [5.41, 5.74) is -0.00595. The summed E-state index contributed by atoms with van der Waals surface area (Å²) in [4.78, 5) is 0. The van der Waals surface area contributed by atoms with Crippen molar-refractivity contribution in [1.82, 2.24) is 5.32 Å². The van der Waals surface area contributed by atoms with Crippen molar-refractivity contribution in [1.29, 1.82) is 0 Å². The van der Waals surface area contributed by atoms with Crippen LogP contribution in [0.15, 0.2) is 0 Å². The Morgan fingerprint density at radius 2 is 2.13 bits per heavy atom. The molecule has 0 saturated heterocycles. The fraction of sp³-hybridized carbons (Fsp3) is 1.00. The fourth-order valence-corrected chi connectivity index (χ4v) is 3.31. The zero-order valence-corrected chi connectivity index (χ0v) is 11.1. The van der Waals surface area contributed by atoms with E-state index in [9.17, 15) is 5.11 Å². The highest BCUT2D eigenvalue weighted by molar-refractivity contribution is 7.99. The molecule has 0 aromatic heterocycles. The van der Waals surface area contributed by atoms with Crippen molar-refractivity contribution in [2.24, 2.45) is 5.92 Å². The van der Waals surface area contributed by atoms with E-state index < -0.39 is 0 Å². The molecule has 1 saturated carbocycles. The number of thioether (sulfide) groups is 1. The first-order valence-electron chi connectivity index (χ1n) is 6.11. The standard InChI is InChI=1S/C12H25NOS/c1-4-7-15-9-12(8-14,11-5-6-11)13-10(2)3/h10-11,13-14H,4-9H2,1-3H3. The lowest BCUT2D eigenvalue weighted by Crippen LogP contribution is -2.55. The molecular weight excluding hydrogens is 206 g/mol. The SMILES string of the molecule is CCCSCC(CO)(NC(C)C)C1CC1. The van der Waals surface area contributed by atoms with E-state index in [0.29, 0.717) is 12.0 Å². The second-order valence-corrected chi connectivity index (χ2v) is 6.05. The van der Waals surface area contributed by atoms with Gasteiger partial charge in [0.15, 0.2) is 0 Å². The minimum atomic E-state index is -0.00595. The third-order valence-electron chi connectivity index (χ3n) is 2.93. The van der Waals surface area contributed by atoms with Gasteiger partial charge in [0.2, 0.25) is 0 Å². The van der Waals surface area contributed by atoms with Crippen LogP contribution in [0.3, 0.4) is 0 Å². The minimum absolute atomic E-state index is 0.00595. The van der Waals surface area contributed by atoms with Gasteiger partial charge in [-0.3, -0.25) is 0 Å². The summed E-state index contributed by atoms with van der Waals surface area (Å²) in [6, 6.07) is 0.458. The first-order valence-corrected chi connectivity index (χ1v) is 7.26. The van der Waals surface area contributed by atoms with Gasteiger partial charge in [0, 0.05) is 11.8 Å². The second-order valence-electron chi connectivity index (χ2n) is 4.94. The smallest absolute Gasteiger partial charge is 0.0624 e. The molecule has 1 fully saturated rings. The van der Waals surface area contributed by atoms with Crippen LogP contribution < -0.4 is 5.32 Å². The molecular formula is C12H25NOS. The Kier molecular flexibility index (Phi) is 5.44. The highest BCUT2D eigenvalue weighted by atomic mass is 32.2. The third kappa shape index (κ3) is 3.97. The lowest BCUT2D eigenvalue weighted by atomic mass is 9.95. The second kappa shape index (κ2) is 6.12. The fourth-order valence-electron chi connectivity index (χ4n) is 2.11. The molecule has 1 aliphatic rings. The summed E-state index contributed by atoms with van der Waals surface area (Å²) in [6.45, 7) is 6.82. The lowest BCUT2D eigenvalue weighted by molar-refractivity contribution is 0.150. The lowest BCUT2D eigenvalue weighted by Gasteiger charge is -2.35. The average molecular weight is 231 g/mol. The van der Waals surface area contributed by atoms with Gasteiger partial charge in [-0.1, -0.05) is 20.8 Å². The Balaban J connectivity index is 2.48. The number of nitrogens with one attached hydrogen (secondary N) is 1. The molecule has 0 bridgehead atoms. The molecule has 1 atom stereocenters. The zero-order chi connectivity index (χ0) is 11.3. The summed E-state index contributed by atoms with van der Waals surface area (Å²) in [7, 11) is 0. The summed E-state index contributed by atoms with van der Waals surface area (Å²) in [5, 5.41) is 13.3. The molecule has 0 amide bonds. The quantitative estimate of drug-likeness (QED) is 0.629. The van der Waals surface area contributed by atoms with Crippen LogP contribution >= 0.6 is 11.8 Å². The normalized spacial score (nSPS) is 20.6. The summed E-state index contributed by atoms with van der Waals surface area (Å²) in [6.07, 6.45) is 3.79. The van der Waals surface area contributed by atoms with Crippen LogP contribution in [0.5, 0.6) is 0 Å². The van der Waals surface area contributed by atoms with Crippen LogP contribution in [0.25, 0.3) is 0 Å². The van der Waals surface area contributed by atoms with Gasteiger partial charge < -0.3 is 10.4 Å². The molecule has 0 heterocycles. The van der Waals surface area contributed by atoms with Gasteiger partial charge in [-0.25, -0.2) is 0 Å². The molecule has 15 heavy (non-hydrogen) atoms. The highest BCUT2D eigenvalue weighted by Gasteiger charge is 2.44. The largest absolute Gasteiger partial charge is 0.394 e. The van der Waals surface area contributed by atoms with Gasteiger partial charge in [-0.2, -0.15) is 11.8 Å². The van der Waals surface area contributed by atoms with E-state index >= 15 is 0 Å². The Hall–Kier alpha value is 0.270. The van der Waals surface area contributed by atoms with Crippen molar-refractivity contribution in [2.75, 3.05) is 18.1 Å². The van der Waals surface area contributed by atoms with Crippen molar-refractivity contribution in [2.45, 2.75) is 51.6 Å². The molecule has 0 radical (unpaired) electrons. The third-order valence-corrected chi connectivity index (χ3v) is 4.34. The number of hydrogen-bond acceptors (Lipinski definition) is 3. The maximum absolute atomic E-state index is 9.66. The molecule has 1 aliphatic carbocycles. The zero-order valence-electron chi connectivity index (χ0n) is 10.3. The first kappa shape index (κ1) is 13.3. The Morgan fingerprint density at radius 1 is 1.47 bits per heavy atom. The minimum Gasteiger partial charge on any atom is -0.394 e. The molecule has 0 aromatic rings. The van der Waals surface area contributed by atoms with Crippen LogP contribution in [-0.2, 0) is 0 Å². The van der Waals surface area contributed by atoms with Gasteiger partial charge in [0.1, 0.15) is 0 Å². The van der Waals surface area contributed by atoms with Crippen LogP contribution in [0.1, 0.15) is 40.0 Å². The van der Waals surface area contributed by atoms with Gasteiger partial charge in [0.25, 0.3) is 0 Å². The molecule has 90 valence electrons. The van der Waals surface area contributed by atoms with Gasteiger partial charge in [-0.15, -0.1) is 0 Å². The van der Waals surface area contributed by atoms with Gasteiger partial charge in [-0.05, 0) is 30.9 Å². The van der Waals surface area contributed by atoms with Crippen LogP contribution in [0.2, 0.25) is 0 Å². The summed E-state index contributed by atoms with van der Waals surface area (Å²) in [5.74, 6) is 2.96. The predicted molar refractivity (Wildman–Crippen MR) is 68.4 cm³/mol. The molecule has 2 N–H and O–H groups in total. The van der Waals surface area contributed by atoms with Crippen molar-refractivity contribution in [3.05, 3.63) is 0 Å². The average Bonchev–Trinajstić information content (AvgIpc) is 2.99. The Morgan fingerprint density at radius 3 is 2.53 bits per heavy atom. The molecule has 0 spiro atoms. The maximum atomic E-state index is 9.66. The van der Waals surface area contributed by atoms with Gasteiger partial charge in [0.05, 0.1) is 12.1 Å². The molecule has 2 nitrogen and oxygen atoms in total. The van der Waals surface area contributed by atoms with Crippen LogP contribution in [0.4, 0.5) is 0 Å². The van der Waals surface area contributed by atoms with Crippen LogP contribution in [-0.4, -0.2) is 34.8 Å². The van der Waals surface area contributed by atoms with Gasteiger partial charge >= 0.3 is 0 Å². The number of aliphatic hydroxyl groups is 1. The van der Waals surface area contributed by atoms with E-state index in [-0.39, 0.29) is 12.1 Å². The molecule has 0 aromatic carbocycles. The van der Waals surface area contributed by atoms with E-state index in [0.717, 1.165) is 5.75 Å². The molecule has 0 aliphatic heterocycles. The monoisotopic (exact) mass is 231 g/mol. The first-order chi connectivity index (χ1) is 7.14. The molecule has 1 rings (SSSR count). The van der Waals surface area contributed by atoms with Crippen molar-refractivity contribution < 1.29 is 5.11 Å². The topological polar surface area (TPSA) is 32.3 Å². The highest BCUT2D eigenvalue weighted by Crippen LogP contribution is 2.41. The van der Waals surface area contributed by atoms with Crippen molar-refractivity contribution in [3.63, 3.8) is 0 Å². The van der Waals surface area contributed by atoms with E-state index in [2.05, 4.69) is 26.1 Å². The van der Waals surface area contributed by atoms with E-state index in [1.165, 1.54) is 25.0 Å². The Bertz CT molecular complexity index is 182.